The molecular formula is C101H130BBr2ClF4K2N12O20. The average Bonchev–Trinajstić information content (AvgIpc) is 0.805. The van der Waals surface area contributed by atoms with Crippen LogP contribution in [0.5, 0.6) is 5.75 Å². The fourth-order valence-electron chi connectivity index (χ4n) is 15.0. The molecule has 5 aromatic carbocycles. The van der Waals surface area contributed by atoms with Gasteiger partial charge in [0, 0.05) is 117 Å². The first-order chi connectivity index (χ1) is 67.4. The first-order valence-corrected chi connectivity index (χ1v) is 47.3. The van der Waals surface area contributed by atoms with Gasteiger partial charge in [0.25, 0.3) is 17.8 Å². The summed E-state index contributed by atoms with van der Waals surface area (Å²) in [6, 6.07) is 46.4. The molecule has 5 saturated heterocycles. The number of halogens is 7. The zero-order chi connectivity index (χ0) is 106. The molecule has 0 saturated carbocycles. The molecule has 10 atom stereocenters. The maximum atomic E-state index is 13.1. The number of aromatic carboxylic acids is 1. The summed E-state index contributed by atoms with van der Waals surface area (Å²) in [6.45, 7) is 38.6. The van der Waals surface area contributed by atoms with Crippen LogP contribution in [-0.2, 0) is 46.2 Å². The number of pyridine rings is 5. The van der Waals surface area contributed by atoms with Gasteiger partial charge in [0.05, 0.1) is 96.9 Å². The molecule has 0 amide bonds. The number of carbonyl (C=O) groups excluding carboxylic acids is 3. The van der Waals surface area contributed by atoms with E-state index in [-0.39, 0.29) is 200 Å². The van der Waals surface area contributed by atoms with Crippen molar-refractivity contribution in [2.75, 3.05) is 92.0 Å². The van der Waals surface area contributed by atoms with E-state index in [1.165, 1.54) is 55.8 Å². The van der Waals surface area contributed by atoms with Crippen molar-refractivity contribution in [1.29, 1.82) is 0 Å². The summed E-state index contributed by atoms with van der Waals surface area (Å²) < 4.78 is 86.8. The van der Waals surface area contributed by atoms with Gasteiger partial charge in [0.1, 0.15) is 46.6 Å². The first kappa shape index (κ1) is 129. The number of hydrogen-bond donors (Lipinski definition) is 5. The van der Waals surface area contributed by atoms with E-state index in [1.807, 2.05) is 147 Å². The number of Topliss-reactive ketones (excluding diaryl/α,β-unsaturated/α-hetero) is 2. The number of morpholine rings is 4. The topological polar surface area (TPSA) is 427 Å². The van der Waals surface area contributed by atoms with Gasteiger partial charge in [0.2, 0.25) is 0 Å². The molecule has 768 valence electrons. The molecule has 0 aliphatic carbocycles. The van der Waals surface area contributed by atoms with Gasteiger partial charge in [-0.15, -0.1) is 13.2 Å². The van der Waals surface area contributed by atoms with Crippen LogP contribution in [0.15, 0.2) is 204 Å². The third-order valence-corrected chi connectivity index (χ3v) is 23.1. The molecule has 5 aromatic heterocycles. The number of aliphatic hydroxyl groups excluding tert-OH is 1. The Morgan fingerprint density at radius 2 is 0.860 bits per heavy atom. The number of benzene rings is 5. The van der Waals surface area contributed by atoms with E-state index in [9.17, 15) is 52.2 Å². The van der Waals surface area contributed by atoms with Gasteiger partial charge in [0.15, 0.2) is 11.6 Å². The van der Waals surface area contributed by atoms with Crippen LogP contribution in [0.3, 0.4) is 0 Å². The van der Waals surface area contributed by atoms with Crippen LogP contribution in [0, 0.1) is 47.9 Å². The number of anilines is 5. The Morgan fingerprint density at radius 1 is 0.524 bits per heavy atom. The number of nitrogens with zero attached hydrogens (tertiary/aromatic N) is 11. The second kappa shape index (κ2) is 69.0. The summed E-state index contributed by atoms with van der Waals surface area (Å²) in [5, 5.41) is 62.3. The van der Waals surface area contributed by atoms with Gasteiger partial charge in [-0.1, -0.05) is 148 Å². The fourth-order valence-corrected chi connectivity index (χ4v) is 15.8. The number of carboxylic acids is 1. The standard InChI is InChI=1S/C27H27F3N2O3.C20H23BrN2O2.C11H15N3O3.C11H17N3O.C8H7BrO2.C7H9BO2.C7H14O.C5H3ClN2O2.C2H6.CH3F.CH2O3.CH4O.2K.H/c1-17-15-32(16-18(2)34-17)26-12-7-20(14-31-26)13-25(33)24-6-4-5-23(19(24)3)21-8-10-22(11-9-21)35-27(28,29)30;1-13-11-23(12-14(2)25-13)20-8-7-16(10-22-20)9-19(24)17-5-4-6-18(21)15(17)3;1-8-6-13(7-9(2)17-8)11-4-3-10(5-12-11)14(15)16;1-8-6-14(7-9(2)15-8)11-4-3-10(12)5-13-11;1-5-6(8(10)11)3-2-4-7(5)9;1-6-2-4-7(5-3-6)8(9)10;1-6-4-3-5-7(2)8-6;6-5-2-1-4(3-7-5)8(9)10;2*1-2;2-1-4-3;1-2;;;/h4-12,14,17-18H,13,15-16H2,1-3H3;4-8,10,13-14H,9,11-12H2,1-3H3;3-5,8-9H,6-7H2,1-2H3;3-5,8-9H,6-7,12H2,1-2H3;2-4H,1H3,(H,10,11);2-5,9-10H,1H3;6-7H,3-5H2,1-2H3;1-3H;1-2H3;1H3;1,3H;2H,1H3;;;/q;;;;;;;;;;;;2*+1;-1/p-1/t17-,18+;13-,14+;2*8-,9+;;;6-,7+;;;;;;;;/i;;;;;;;;;1D;;;;;. The van der Waals surface area contributed by atoms with Crippen molar-refractivity contribution in [2.24, 2.45) is 0 Å². The van der Waals surface area contributed by atoms with Crippen molar-refractivity contribution in [2.45, 2.75) is 210 Å². The predicted molar refractivity (Wildman–Crippen MR) is 547 cm³/mol. The maximum absolute atomic E-state index is 13.1. The molecule has 6 N–H and O–H groups in total. The molecule has 0 spiro atoms. The number of carbonyl (C=O) groups is 4. The summed E-state index contributed by atoms with van der Waals surface area (Å²) in [4.78, 5) is 96.9. The normalized spacial score (nSPS) is 18.5. The van der Waals surface area contributed by atoms with Crippen molar-refractivity contribution in [3.8, 4) is 16.9 Å². The molecule has 10 heterocycles. The van der Waals surface area contributed by atoms with Crippen LogP contribution < -0.4 is 144 Å². The largest absolute Gasteiger partial charge is 1.00 e. The SMILES string of the molecule is CC.CO.C[C@@H]1CCC[C@H](C)O1.C[C@@H]1CN(c2ccc(N)cn2)C[C@H](C)O1.C[C@@H]1CN(c2ccc([N+](=O)[O-])cn2)C[C@H](C)O1.Cc1c(Br)cccc1C(=O)Cc1ccc(N2C[C@@H](C)O[C@@H](C)C2)nc1.Cc1c(Br)cccc1C(=O)O.Cc1c(C(=O)Cc2ccc(N3C[C@@H](C)O[C@@H](C)C3)nc2)cccc1-c1ccc(OC(F)(F)F)cc1.Cc1ccc(B(O)O)cc1.O=CO[O-].O=[N+]([O-])c1ccc(Cl)nc1.[2H]CF.[H-].[K+].[K+]. The molecule has 32 nitrogen and oxygen atoms in total. The summed E-state index contributed by atoms with van der Waals surface area (Å²) in [5.74, 6) is 2.43. The van der Waals surface area contributed by atoms with Crippen molar-refractivity contribution < 1.29 is 211 Å². The van der Waals surface area contributed by atoms with Crippen LogP contribution >= 0.6 is 43.5 Å². The number of ether oxygens (including phenoxy) is 6. The van der Waals surface area contributed by atoms with E-state index in [4.69, 9.17) is 72.7 Å². The minimum Gasteiger partial charge on any atom is -1.00 e. The summed E-state index contributed by atoms with van der Waals surface area (Å²) in [7, 11) is -1.35. The molecule has 15 rings (SSSR count). The predicted octanol–water partition coefficient (Wildman–Crippen LogP) is 12.6. The van der Waals surface area contributed by atoms with E-state index < -0.39 is 36.5 Å². The van der Waals surface area contributed by atoms with Crippen LogP contribution in [0.2, 0.25) is 5.15 Å². The Kier molecular flexibility index (Phi) is 62.2. The van der Waals surface area contributed by atoms with Gasteiger partial charge in [-0.3, -0.25) is 39.0 Å². The second-order valence-electron chi connectivity index (χ2n) is 32.9. The van der Waals surface area contributed by atoms with Gasteiger partial charge >= 0.3 is 122 Å². The number of hydrogen-bond acceptors (Lipinski definition) is 29. The van der Waals surface area contributed by atoms with Crippen molar-refractivity contribution in [3.05, 3.63) is 279 Å². The number of rotatable bonds is 17. The molecule has 10 aromatic rings. The van der Waals surface area contributed by atoms with Gasteiger partial charge in [-0.25, -0.2) is 29.7 Å². The Morgan fingerprint density at radius 3 is 1.16 bits per heavy atom. The molecule has 5 aliphatic rings. The van der Waals surface area contributed by atoms with Crippen LogP contribution in [-0.4, -0.2) is 220 Å². The fraction of sp³-hybridized carbons (Fsp3) is 0.416. The third-order valence-electron chi connectivity index (χ3n) is 21.2. The van der Waals surface area contributed by atoms with Gasteiger partial charge in [-0.05, 0) is 227 Å². The van der Waals surface area contributed by atoms with Crippen LogP contribution in [0.1, 0.15) is 170 Å². The number of nitro groups is 2. The molecule has 0 unspecified atom stereocenters. The van der Waals surface area contributed by atoms with E-state index in [1.54, 1.807) is 73.9 Å². The summed E-state index contributed by atoms with van der Waals surface area (Å²) in [5.41, 5.74) is 15.3. The Balaban J connectivity index is 0.000000850. The zero-order valence-electron chi connectivity index (χ0n) is 86.3. The van der Waals surface area contributed by atoms with Crippen molar-refractivity contribution >= 4 is 120 Å². The number of nitrogens with two attached hydrogens (primary N) is 1. The Hall–Kier alpha value is -8.32. The van der Waals surface area contributed by atoms with Crippen molar-refractivity contribution in [3.63, 3.8) is 0 Å². The van der Waals surface area contributed by atoms with Gasteiger partial charge < -0.3 is 85.6 Å². The van der Waals surface area contributed by atoms with E-state index in [0.29, 0.717) is 46.5 Å². The van der Waals surface area contributed by atoms with E-state index in [2.05, 4.69) is 128 Å². The monoisotopic (exact) mass is 2190 g/mol. The molecular weight excluding hydrogens is 2060 g/mol. The van der Waals surface area contributed by atoms with Gasteiger partial charge in [-0.2, -0.15) is 0 Å². The Labute approximate surface area is 944 Å². The van der Waals surface area contributed by atoms with E-state index in [0.717, 1.165) is 142 Å². The minimum atomic E-state index is -4.74. The average molecular weight is 2190 g/mol. The number of carboxylic acid groups (broad SMARTS) is 1. The summed E-state index contributed by atoms with van der Waals surface area (Å²) in [6.07, 6.45) is 9.82. The molecule has 0 bridgehead atoms. The zero-order valence-corrected chi connectivity index (χ0v) is 94.4. The number of nitrogen functional groups attached to an aromatic ring is 1. The van der Waals surface area contributed by atoms with Crippen LogP contribution in [0.25, 0.3) is 11.1 Å². The van der Waals surface area contributed by atoms with E-state index >= 15 is 0 Å². The number of aliphatic hydroxyl groups is 1. The molecule has 5 fully saturated rings. The molecule has 0 radical (unpaired) electrons. The van der Waals surface area contributed by atoms with Crippen LogP contribution in [0.4, 0.5) is 57.9 Å². The smallest absolute Gasteiger partial charge is 1.00 e. The molecule has 42 heteroatoms. The number of ketones is 2. The number of aryl methyl sites for hydroxylation is 1. The Bertz CT molecular complexity index is 5410. The molecule has 143 heavy (non-hydrogen) atoms. The number of aromatic nitrogens is 5. The second-order valence-corrected chi connectivity index (χ2v) is 35.0. The van der Waals surface area contributed by atoms with Crippen molar-refractivity contribution in [1.82, 2.24) is 24.9 Å². The minimum absolute atomic E-state index is 0. The first-order valence-electron chi connectivity index (χ1n) is 46.0. The quantitative estimate of drug-likeness (QED) is 0.00826. The third kappa shape index (κ3) is 48.0. The maximum Gasteiger partial charge on any atom is 1.00 e. The molecule has 5 aliphatic heterocycles. The summed E-state index contributed by atoms with van der Waals surface area (Å²) >= 11 is 12.1. The number of alkyl halides is 4.